The zero-order valence-electron chi connectivity index (χ0n) is 12.7. The Bertz CT molecular complexity index is 917. The van der Waals surface area contributed by atoms with E-state index >= 15 is 0 Å². The Labute approximate surface area is 141 Å². The van der Waals surface area contributed by atoms with E-state index in [-0.39, 0.29) is 23.0 Å². The summed E-state index contributed by atoms with van der Waals surface area (Å²) >= 11 is 0. The van der Waals surface area contributed by atoms with Gasteiger partial charge in [0.05, 0.1) is 17.4 Å². The van der Waals surface area contributed by atoms with Crippen molar-refractivity contribution in [1.29, 1.82) is 0 Å². The van der Waals surface area contributed by atoms with E-state index in [4.69, 9.17) is 5.11 Å². The van der Waals surface area contributed by atoms with Crippen molar-refractivity contribution in [2.45, 2.75) is 0 Å². The Balaban J connectivity index is 1.81. The molecule has 0 amide bonds. The van der Waals surface area contributed by atoms with Crippen LogP contribution >= 0.6 is 0 Å². The van der Waals surface area contributed by atoms with Crippen molar-refractivity contribution in [1.82, 2.24) is 9.97 Å². The summed E-state index contributed by atoms with van der Waals surface area (Å²) < 4.78 is 27.5. The molecule has 8 heteroatoms. The monoisotopic (exact) mass is 342 g/mol. The van der Waals surface area contributed by atoms with Gasteiger partial charge in [-0.05, 0) is 36.4 Å². The summed E-state index contributed by atoms with van der Waals surface area (Å²) in [5.41, 5.74) is 0.734. The summed E-state index contributed by atoms with van der Waals surface area (Å²) in [6.45, 7) is 0. The largest absolute Gasteiger partial charge is 0.478 e. The second-order valence-corrected chi connectivity index (χ2v) is 5.00. The molecule has 2 aromatic carbocycles. The lowest BCUT2D eigenvalue weighted by molar-refractivity contribution is 0.0697. The normalized spacial score (nSPS) is 10.3. The number of rotatable bonds is 5. The van der Waals surface area contributed by atoms with Gasteiger partial charge < -0.3 is 15.7 Å². The van der Waals surface area contributed by atoms with Crippen LogP contribution in [0.3, 0.4) is 0 Å². The third-order valence-electron chi connectivity index (χ3n) is 3.26. The third kappa shape index (κ3) is 3.86. The Hall–Kier alpha value is -3.55. The Morgan fingerprint density at radius 3 is 2.36 bits per heavy atom. The van der Waals surface area contributed by atoms with Crippen LogP contribution in [-0.4, -0.2) is 21.0 Å². The summed E-state index contributed by atoms with van der Waals surface area (Å²) in [6, 6.07) is 11.7. The molecule has 25 heavy (non-hydrogen) atoms. The van der Waals surface area contributed by atoms with Crippen molar-refractivity contribution in [2.75, 3.05) is 10.6 Å². The number of nitrogens with zero attached hydrogens (tertiary/aromatic N) is 2. The van der Waals surface area contributed by atoms with E-state index in [1.807, 2.05) is 0 Å². The van der Waals surface area contributed by atoms with Gasteiger partial charge in [0.2, 0.25) is 5.95 Å². The van der Waals surface area contributed by atoms with Gasteiger partial charge in [-0.3, -0.25) is 0 Å². The van der Waals surface area contributed by atoms with Gasteiger partial charge in [0.25, 0.3) is 0 Å². The number of nitrogens with one attached hydrogen (secondary N) is 2. The van der Waals surface area contributed by atoms with E-state index in [1.165, 1.54) is 42.5 Å². The number of aromatic nitrogens is 2. The molecule has 0 aliphatic heterocycles. The molecule has 6 nitrogen and oxygen atoms in total. The number of benzene rings is 2. The molecule has 0 atom stereocenters. The van der Waals surface area contributed by atoms with E-state index in [1.54, 1.807) is 6.07 Å². The number of anilines is 4. The zero-order valence-corrected chi connectivity index (χ0v) is 12.7. The topological polar surface area (TPSA) is 87.1 Å². The van der Waals surface area contributed by atoms with Gasteiger partial charge in [0.1, 0.15) is 5.82 Å². The van der Waals surface area contributed by atoms with Crippen molar-refractivity contribution in [3.05, 3.63) is 71.9 Å². The maximum Gasteiger partial charge on any atom is 0.335 e. The highest BCUT2D eigenvalue weighted by Gasteiger charge is 2.10. The van der Waals surface area contributed by atoms with Gasteiger partial charge >= 0.3 is 5.97 Å². The molecule has 0 aliphatic rings. The van der Waals surface area contributed by atoms with Crippen molar-refractivity contribution < 1.29 is 18.7 Å². The molecule has 0 fully saturated rings. The fourth-order valence-corrected chi connectivity index (χ4v) is 2.03. The van der Waals surface area contributed by atoms with Crippen LogP contribution in [0.15, 0.2) is 54.7 Å². The van der Waals surface area contributed by atoms with Gasteiger partial charge in [-0.2, -0.15) is 4.98 Å². The molecule has 1 heterocycles. The fourth-order valence-electron chi connectivity index (χ4n) is 2.03. The molecule has 0 saturated heterocycles. The van der Waals surface area contributed by atoms with Crippen molar-refractivity contribution in [3.63, 3.8) is 0 Å². The highest BCUT2D eigenvalue weighted by atomic mass is 19.1. The molecular weight excluding hydrogens is 330 g/mol. The molecule has 3 rings (SSSR count). The van der Waals surface area contributed by atoms with Crippen molar-refractivity contribution >= 4 is 29.1 Å². The number of carboxylic acid groups (broad SMARTS) is 1. The number of aromatic carboxylic acids is 1. The smallest absolute Gasteiger partial charge is 0.335 e. The second kappa shape index (κ2) is 6.91. The summed E-state index contributed by atoms with van der Waals surface area (Å²) in [7, 11) is 0. The number of halogens is 2. The van der Waals surface area contributed by atoms with Crippen LogP contribution < -0.4 is 10.6 Å². The first-order chi connectivity index (χ1) is 12.0. The van der Waals surface area contributed by atoms with Gasteiger partial charge in [0, 0.05) is 5.69 Å². The lowest BCUT2D eigenvalue weighted by Crippen LogP contribution is -2.04. The van der Waals surface area contributed by atoms with Crippen molar-refractivity contribution in [2.24, 2.45) is 0 Å². The molecule has 0 spiro atoms. The lowest BCUT2D eigenvalue weighted by atomic mass is 10.2. The number of hydrogen-bond donors (Lipinski definition) is 3. The van der Waals surface area contributed by atoms with Crippen LogP contribution in [-0.2, 0) is 0 Å². The SMILES string of the molecule is O=C(O)c1ccc(Nc2ncc(F)c(Nc3ccccc3F)n2)cc1. The standard InChI is InChI=1S/C17H12F2N4O2/c18-12-3-1-2-4-14(12)22-15-13(19)9-20-17(23-15)21-11-7-5-10(6-8-11)16(24)25/h1-9H,(H,24,25)(H2,20,21,22,23). The van der Waals surface area contributed by atoms with Crippen LogP contribution in [0, 0.1) is 11.6 Å². The molecule has 126 valence electrons. The first kappa shape index (κ1) is 16.3. The maximum atomic E-state index is 13.9. The Kier molecular flexibility index (Phi) is 4.51. The quantitative estimate of drug-likeness (QED) is 0.651. The Morgan fingerprint density at radius 2 is 1.68 bits per heavy atom. The van der Waals surface area contributed by atoms with E-state index in [0.29, 0.717) is 5.69 Å². The maximum absolute atomic E-state index is 13.9. The molecule has 3 N–H and O–H groups in total. The Morgan fingerprint density at radius 1 is 0.960 bits per heavy atom. The molecule has 0 bridgehead atoms. The molecule has 0 saturated carbocycles. The number of carbonyl (C=O) groups is 1. The minimum absolute atomic E-state index is 0.0725. The average molecular weight is 342 g/mol. The molecule has 0 unspecified atom stereocenters. The number of carboxylic acids is 1. The van der Waals surface area contributed by atoms with Crippen LogP contribution in [0.25, 0.3) is 0 Å². The molecule has 0 aliphatic carbocycles. The molecule has 1 aromatic heterocycles. The predicted octanol–water partition coefficient (Wildman–Crippen LogP) is 3.94. The van der Waals surface area contributed by atoms with Crippen LogP contribution in [0.5, 0.6) is 0 Å². The molecule has 3 aromatic rings. The molecular formula is C17H12F2N4O2. The highest BCUT2D eigenvalue weighted by molar-refractivity contribution is 5.88. The lowest BCUT2D eigenvalue weighted by Gasteiger charge is -2.10. The van der Waals surface area contributed by atoms with Crippen LogP contribution in [0.2, 0.25) is 0 Å². The van der Waals surface area contributed by atoms with Crippen LogP contribution in [0.1, 0.15) is 10.4 Å². The predicted molar refractivity (Wildman–Crippen MR) is 88.4 cm³/mol. The highest BCUT2D eigenvalue weighted by Crippen LogP contribution is 2.22. The van der Waals surface area contributed by atoms with E-state index in [0.717, 1.165) is 6.20 Å². The summed E-state index contributed by atoms with van der Waals surface area (Å²) in [5, 5.41) is 14.3. The number of hydrogen-bond acceptors (Lipinski definition) is 5. The van der Waals surface area contributed by atoms with E-state index in [2.05, 4.69) is 20.6 Å². The van der Waals surface area contributed by atoms with E-state index < -0.39 is 17.6 Å². The summed E-state index contributed by atoms with van der Waals surface area (Å²) in [5.74, 6) is -2.44. The van der Waals surface area contributed by atoms with Gasteiger partial charge in [-0.1, -0.05) is 12.1 Å². The minimum atomic E-state index is -1.04. The summed E-state index contributed by atoms with van der Waals surface area (Å²) in [6.07, 6.45) is 0.949. The number of para-hydroxylation sites is 1. The zero-order chi connectivity index (χ0) is 17.8. The first-order valence-corrected chi connectivity index (χ1v) is 7.17. The second-order valence-electron chi connectivity index (χ2n) is 5.00. The first-order valence-electron chi connectivity index (χ1n) is 7.17. The van der Waals surface area contributed by atoms with Gasteiger partial charge in [-0.15, -0.1) is 0 Å². The summed E-state index contributed by atoms with van der Waals surface area (Å²) in [4.78, 5) is 18.6. The molecule has 0 radical (unpaired) electrons. The minimum Gasteiger partial charge on any atom is -0.478 e. The van der Waals surface area contributed by atoms with Gasteiger partial charge in [-0.25, -0.2) is 18.6 Å². The van der Waals surface area contributed by atoms with Crippen LogP contribution in [0.4, 0.5) is 31.9 Å². The van der Waals surface area contributed by atoms with Crippen molar-refractivity contribution in [3.8, 4) is 0 Å². The average Bonchev–Trinajstić information content (AvgIpc) is 2.60. The van der Waals surface area contributed by atoms with E-state index in [9.17, 15) is 13.6 Å². The fraction of sp³-hybridized carbons (Fsp3) is 0. The third-order valence-corrected chi connectivity index (χ3v) is 3.26. The van der Waals surface area contributed by atoms with Gasteiger partial charge in [0.15, 0.2) is 11.6 Å².